The molecule has 0 unspecified atom stereocenters. The quantitative estimate of drug-likeness (QED) is 0.825. The van der Waals surface area contributed by atoms with Crippen LogP contribution in [0.4, 0.5) is 0 Å². The summed E-state index contributed by atoms with van der Waals surface area (Å²) in [7, 11) is 0. The number of pyridine rings is 1. The third-order valence-corrected chi connectivity index (χ3v) is 2.59. The molecule has 0 saturated heterocycles. The fourth-order valence-corrected chi connectivity index (χ4v) is 1.53. The summed E-state index contributed by atoms with van der Waals surface area (Å²) in [5.74, 6) is -0.602. The maximum Gasteiger partial charge on any atom is 0.335 e. The number of carbonyl (C=O) groups is 1. The monoisotopic (exact) mass is 259 g/mol. The third-order valence-electron chi connectivity index (χ3n) is 2.59. The molecule has 1 aromatic heterocycles. The second kappa shape index (κ2) is 6.54. The van der Waals surface area contributed by atoms with Gasteiger partial charge in [-0.1, -0.05) is 17.7 Å². The normalized spacial score (nSPS) is 9.42. The lowest BCUT2D eigenvalue weighted by Crippen LogP contribution is -1.99. The van der Waals surface area contributed by atoms with Crippen molar-refractivity contribution in [3.8, 4) is 5.75 Å². The zero-order valence-corrected chi connectivity index (χ0v) is 11.2. The molecule has 2 aromatic rings. The van der Waals surface area contributed by atoms with Crippen LogP contribution in [0.25, 0.3) is 0 Å². The number of aromatic carboxylic acids is 1. The van der Waals surface area contributed by atoms with E-state index >= 15 is 0 Å². The minimum absolute atomic E-state index is 0.257. The van der Waals surface area contributed by atoms with E-state index in [4.69, 9.17) is 10.2 Å². The highest BCUT2D eigenvalue weighted by Crippen LogP contribution is 2.10. The van der Waals surface area contributed by atoms with Gasteiger partial charge < -0.3 is 10.2 Å². The molecule has 0 atom stereocenters. The lowest BCUT2D eigenvalue weighted by molar-refractivity contribution is 0.0696. The number of nitrogens with zero attached hydrogens (tertiary/aromatic N) is 1. The van der Waals surface area contributed by atoms with E-state index in [1.54, 1.807) is 44.3 Å². The van der Waals surface area contributed by atoms with E-state index in [9.17, 15) is 4.79 Å². The Morgan fingerprint density at radius 2 is 1.84 bits per heavy atom. The average Bonchev–Trinajstić information content (AvgIpc) is 2.33. The van der Waals surface area contributed by atoms with Crippen molar-refractivity contribution in [2.45, 2.75) is 20.8 Å². The van der Waals surface area contributed by atoms with Gasteiger partial charge in [-0.3, -0.25) is 4.98 Å². The van der Waals surface area contributed by atoms with E-state index in [1.165, 1.54) is 0 Å². The Balaban J connectivity index is 0.000000200. The Hall–Kier alpha value is -2.36. The van der Waals surface area contributed by atoms with Gasteiger partial charge in [0, 0.05) is 6.20 Å². The molecular weight excluding hydrogens is 242 g/mol. The van der Waals surface area contributed by atoms with Crippen molar-refractivity contribution >= 4 is 5.97 Å². The van der Waals surface area contributed by atoms with Crippen LogP contribution in [0, 0.1) is 20.8 Å². The molecule has 0 spiro atoms. The molecule has 0 amide bonds. The van der Waals surface area contributed by atoms with Gasteiger partial charge in [0.25, 0.3) is 0 Å². The number of hydrogen-bond donors (Lipinski definition) is 2. The Labute approximate surface area is 112 Å². The smallest absolute Gasteiger partial charge is 0.335 e. The van der Waals surface area contributed by atoms with Gasteiger partial charge in [-0.15, -0.1) is 0 Å². The van der Waals surface area contributed by atoms with Crippen LogP contribution >= 0.6 is 0 Å². The van der Waals surface area contributed by atoms with Crippen molar-refractivity contribution in [3.05, 3.63) is 58.9 Å². The summed E-state index contributed by atoms with van der Waals surface area (Å²) in [4.78, 5) is 14.4. The Kier molecular flexibility index (Phi) is 5.06. The topological polar surface area (TPSA) is 70.4 Å². The van der Waals surface area contributed by atoms with E-state index in [0.29, 0.717) is 11.3 Å². The fourth-order valence-electron chi connectivity index (χ4n) is 1.53. The number of carboxylic acids is 1. The van der Waals surface area contributed by atoms with Crippen LogP contribution in [0.5, 0.6) is 5.75 Å². The number of aromatic hydroxyl groups is 1. The molecule has 0 saturated carbocycles. The van der Waals surface area contributed by atoms with Gasteiger partial charge >= 0.3 is 5.97 Å². The second-order valence-electron chi connectivity index (χ2n) is 4.23. The van der Waals surface area contributed by atoms with E-state index in [0.717, 1.165) is 11.1 Å². The van der Waals surface area contributed by atoms with Crippen LogP contribution in [-0.4, -0.2) is 21.2 Å². The Bertz CT molecular complexity index is 558. The van der Waals surface area contributed by atoms with Crippen molar-refractivity contribution in [2.75, 3.05) is 0 Å². The van der Waals surface area contributed by atoms with Crippen molar-refractivity contribution in [1.82, 2.24) is 4.98 Å². The molecule has 0 fully saturated rings. The molecule has 100 valence electrons. The summed E-state index contributed by atoms with van der Waals surface area (Å²) in [5, 5.41) is 17.5. The molecule has 0 aliphatic rings. The Morgan fingerprint density at radius 3 is 2.26 bits per heavy atom. The van der Waals surface area contributed by atoms with Crippen LogP contribution < -0.4 is 0 Å². The zero-order valence-electron chi connectivity index (χ0n) is 11.2. The number of hydrogen-bond acceptors (Lipinski definition) is 3. The first-order chi connectivity index (χ1) is 8.91. The summed E-state index contributed by atoms with van der Waals surface area (Å²) in [5.41, 5.74) is 2.97. The standard InChI is InChI=1S/C9H10O2.C6H7NO/c1-6-3-4-8(9(10)11)7(2)5-6;1-5-6(8)3-2-4-7-5/h3-5H,1-2H3,(H,10,11);2-4,8H,1H3. The lowest BCUT2D eigenvalue weighted by atomic mass is 10.1. The van der Waals surface area contributed by atoms with Crippen LogP contribution in [0.15, 0.2) is 36.5 Å². The molecule has 1 heterocycles. The molecule has 0 bridgehead atoms. The van der Waals surface area contributed by atoms with E-state index in [-0.39, 0.29) is 5.75 Å². The number of rotatable bonds is 1. The highest BCUT2D eigenvalue weighted by atomic mass is 16.4. The van der Waals surface area contributed by atoms with Crippen molar-refractivity contribution < 1.29 is 15.0 Å². The first-order valence-electron chi connectivity index (χ1n) is 5.83. The maximum absolute atomic E-state index is 10.5. The summed E-state index contributed by atoms with van der Waals surface area (Å²) < 4.78 is 0. The minimum Gasteiger partial charge on any atom is -0.506 e. The number of aromatic nitrogens is 1. The molecule has 0 radical (unpaired) electrons. The predicted molar refractivity (Wildman–Crippen MR) is 73.5 cm³/mol. The lowest BCUT2D eigenvalue weighted by Gasteiger charge is -2.00. The number of carboxylic acid groups (broad SMARTS) is 1. The van der Waals surface area contributed by atoms with Gasteiger partial charge in [-0.05, 0) is 44.5 Å². The van der Waals surface area contributed by atoms with Crippen LogP contribution in [0.2, 0.25) is 0 Å². The SMILES string of the molecule is Cc1ccc(C(=O)O)c(C)c1.Cc1ncccc1O. The van der Waals surface area contributed by atoms with E-state index in [2.05, 4.69) is 4.98 Å². The molecule has 4 heteroatoms. The van der Waals surface area contributed by atoms with E-state index < -0.39 is 5.97 Å². The summed E-state index contributed by atoms with van der Waals surface area (Å²) >= 11 is 0. The highest BCUT2D eigenvalue weighted by molar-refractivity contribution is 5.89. The van der Waals surface area contributed by atoms with Crippen molar-refractivity contribution in [1.29, 1.82) is 0 Å². The molecule has 19 heavy (non-hydrogen) atoms. The molecule has 0 aliphatic heterocycles. The zero-order chi connectivity index (χ0) is 14.4. The van der Waals surface area contributed by atoms with E-state index in [1.807, 2.05) is 13.0 Å². The molecule has 2 rings (SSSR count). The van der Waals surface area contributed by atoms with Crippen molar-refractivity contribution in [2.24, 2.45) is 0 Å². The van der Waals surface area contributed by atoms with Crippen LogP contribution in [0.1, 0.15) is 27.2 Å². The number of benzene rings is 1. The molecule has 2 N–H and O–H groups in total. The van der Waals surface area contributed by atoms with Gasteiger partial charge in [0.05, 0.1) is 11.3 Å². The van der Waals surface area contributed by atoms with Crippen LogP contribution in [-0.2, 0) is 0 Å². The van der Waals surface area contributed by atoms with Gasteiger partial charge in [-0.25, -0.2) is 4.79 Å². The number of aryl methyl sites for hydroxylation is 3. The first-order valence-corrected chi connectivity index (χ1v) is 5.83. The van der Waals surface area contributed by atoms with Gasteiger partial charge in [0.1, 0.15) is 5.75 Å². The van der Waals surface area contributed by atoms with Crippen molar-refractivity contribution in [3.63, 3.8) is 0 Å². The second-order valence-corrected chi connectivity index (χ2v) is 4.23. The maximum atomic E-state index is 10.5. The highest BCUT2D eigenvalue weighted by Gasteiger charge is 2.04. The van der Waals surface area contributed by atoms with Crippen LogP contribution in [0.3, 0.4) is 0 Å². The van der Waals surface area contributed by atoms with Gasteiger partial charge in [0.2, 0.25) is 0 Å². The predicted octanol–water partition coefficient (Wildman–Crippen LogP) is 3.10. The molecular formula is C15H17NO3. The minimum atomic E-state index is -0.859. The largest absolute Gasteiger partial charge is 0.506 e. The summed E-state index contributed by atoms with van der Waals surface area (Å²) in [6, 6.07) is 8.61. The van der Waals surface area contributed by atoms with Gasteiger partial charge in [0.15, 0.2) is 0 Å². The summed E-state index contributed by atoms with van der Waals surface area (Å²) in [6.45, 7) is 5.50. The Morgan fingerprint density at radius 1 is 1.16 bits per heavy atom. The molecule has 0 aliphatic carbocycles. The van der Waals surface area contributed by atoms with Gasteiger partial charge in [-0.2, -0.15) is 0 Å². The summed E-state index contributed by atoms with van der Waals surface area (Å²) in [6.07, 6.45) is 1.65. The average molecular weight is 259 g/mol. The fraction of sp³-hybridized carbons (Fsp3) is 0.200. The third kappa shape index (κ3) is 4.43. The first kappa shape index (κ1) is 14.7. The molecule has 1 aromatic carbocycles. The molecule has 4 nitrogen and oxygen atoms in total.